The minimum Gasteiger partial charge on any atom is -0.351 e. The van der Waals surface area contributed by atoms with Gasteiger partial charge in [-0.3, -0.25) is 0 Å². The van der Waals surface area contributed by atoms with Crippen molar-refractivity contribution in [2.45, 2.75) is 0 Å². The van der Waals surface area contributed by atoms with Gasteiger partial charge in [0.1, 0.15) is 0 Å². The van der Waals surface area contributed by atoms with Crippen LogP contribution in [0.1, 0.15) is 1.37 Å². The van der Waals surface area contributed by atoms with Gasteiger partial charge in [-0.2, -0.15) is 0 Å². The van der Waals surface area contributed by atoms with Crippen LogP contribution in [0.5, 0.6) is 0 Å². The molecule has 1 aromatic carbocycles. The van der Waals surface area contributed by atoms with Gasteiger partial charge in [-0.05, 0) is 17.5 Å². The Hall–Kier alpha value is -1.24. The zero-order valence-corrected chi connectivity index (χ0v) is 5.83. The fourth-order valence-corrected chi connectivity index (χ4v) is 1.15. The summed E-state index contributed by atoms with van der Waals surface area (Å²) >= 11 is 0. The Bertz CT molecular complexity index is 389. The molecule has 0 bridgehead atoms. The van der Waals surface area contributed by atoms with E-state index in [0.717, 1.165) is 10.9 Å². The largest absolute Gasteiger partial charge is 0.351 e. The minimum atomic E-state index is 0.600. The lowest BCUT2D eigenvalue weighted by molar-refractivity contribution is 0.969. The molecule has 2 aromatic rings. The first-order valence-electron chi connectivity index (χ1n) is 3.80. The smallest absolute Gasteiger partial charge is 0.0630 e. The summed E-state index contributed by atoms with van der Waals surface area (Å²) in [6, 6.07) is 8.31. The highest BCUT2D eigenvalue weighted by atomic mass is 14.9. The summed E-state index contributed by atoms with van der Waals surface area (Å²) in [6.07, 6.45) is 1.97. The second-order valence-electron chi connectivity index (χ2n) is 2.40. The fourth-order valence-electron chi connectivity index (χ4n) is 1.15. The van der Waals surface area contributed by atoms with E-state index >= 15 is 0 Å². The van der Waals surface area contributed by atoms with Crippen molar-refractivity contribution < 1.29 is 1.37 Å². The summed E-state index contributed by atoms with van der Waals surface area (Å²) in [5, 5.41) is 1.02. The molecule has 0 fully saturated rings. The van der Waals surface area contributed by atoms with E-state index in [1.165, 1.54) is 0 Å². The van der Waals surface area contributed by atoms with E-state index in [-0.39, 0.29) is 0 Å². The van der Waals surface area contributed by atoms with Crippen molar-refractivity contribution >= 4 is 10.9 Å². The molecule has 0 aliphatic rings. The lowest BCUT2D eigenvalue weighted by Gasteiger charge is -1.92. The maximum absolute atomic E-state index is 7.56. The van der Waals surface area contributed by atoms with Crippen LogP contribution in [0.3, 0.4) is 0 Å². The van der Waals surface area contributed by atoms with Crippen molar-refractivity contribution in [2.24, 2.45) is 7.05 Å². The van der Waals surface area contributed by atoms with Gasteiger partial charge in [0.05, 0.1) is 1.37 Å². The van der Waals surface area contributed by atoms with Crippen LogP contribution in [0.15, 0.2) is 36.5 Å². The minimum absolute atomic E-state index is 0.600. The number of aromatic nitrogens is 1. The molecule has 0 radical (unpaired) electrons. The van der Waals surface area contributed by atoms with Crippen LogP contribution in [0.25, 0.3) is 10.9 Å². The van der Waals surface area contributed by atoms with Crippen molar-refractivity contribution in [3.8, 4) is 0 Å². The lowest BCUT2D eigenvalue weighted by Crippen LogP contribution is -1.81. The summed E-state index contributed by atoms with van der Waals surface area (Å²) < 4.78 is 9.58. The van der Waals surface area contributed by atoms with Gasteiger partial charge in [-0.1, -0.05) is 18.2 Å². The highest BCUT2D eigenvalue weighted by Crippen LogP contribution is 2.12. The van der Waals surface area contributed by atoms with Gasteiger partial charge >= 0.3 is 0 Å². The van der Waals surface area contributed by atoms with E-state index in [1.54, 1.807) is 0 Å². The molecule has 0 unspecified atom stereocenters. The van der Waals surface area contributed by atoms with Gasteiger partial charge in [0.25, 0.3) is 0 Å². The van der Waals surface area contributed by atoms with Crippen molar-refractivity contribution in [1.29, 1.82) is 0 Å². The Morgan fingerprint density at radius 2 is 2.30 bits per heavy atom. The van der Waals surface area contributed by atoms with Gasteiger partial charge in [0, 0.05) is 18.8 Å². The first-order chi connectivity index (χ1) is 5.29. The molecule has 0 aliphatic heterocycles. The maximum atomic E-state index is 7.56. The Morgan fingerprint density at radius 3 is 3.10 bits per heavy atom. The molecule has 2 rings (SSSR count). The number of rotatable bonds is 0. The van der Waals surface area contributed by atoms with Gasteiger partial charge in [-0.25, -0.2) is 0 Å². The van der Waals surface area contributed by atoms with Gasteiger partial charge in [-0.15, -0.1) is 0 Å². The third kappa shape index (κ3) is 0.637. The van der Waals surface area contributed by atoms with Crippen LogP contribution >= 0.6 is 0 Å². The van der Waals surface area contributed by atoms with Gasteiger partial charge in [0.2, 0.25) is 0 Å². The summed E-state index contributed by atoms with van der Waals surface area (Å²) in [5.41, 5.74) is 1.12. The number of aryl methyl sites for hydroxylation is 1. The highest BCUT2D eigenvalue weighted by Gasteiger charge is 1.92. The molecule has 0 spiro atoms. The second-order valence-corrected chi connectivity index (χ2v) is 2.40. The molecule has 50 valence electrons. The average Bonchev–Trinajstić information content (AvgIpc) is 2.35. The summed E-state index contributed by atoms with van der Waals surface area (Å²) in [4.78, 5) is 0. The van der Waals surface area contributed by atoms with E-state index in [1.807, 2.05) is 42.1 Å². The van der Waals surface area contributed by atoms with E-state index in [0.29, 0.717) is 6.04 Å². The maximum Gasteiger partial charge on any atom is 0.0630 e. The van der Waals surface area contributed by atoms with Gasteiger partial charge in [0.15, 0.2) is 0 Å². The predicted octanol–water partition coefficient (Wildman–Crippen LogP) is 2.18. The third-order valence-corrected chi connectivity index (χ3v) is 1.71. The van der Waals surface area contributed by atoms with Crippen LogP contribution < -0.4 is 0 Å². The molecular weight excluding hydrogens is 122 g/mol. The number of fused-ring (bicyclic) bond motifs is 1. The Morgan fingerprint density at radius 1 is 1.40 bits per heavy atom. The normalized spacial score (nSPS) is 11.9. The zero-order valence-electron chi connectivity index (χ0n) is 6.83. The van der Waals surface area contributed by atoms with Crippen molar-refractivity contribution in [3.05, 3.63) is 36.5 Å². The topological polar surface area (TPSA) is 4.93 Å². The van der Waals surface area contributed by atoms with E-state index in [2.05, 4.69) is 0 Å². The van der Waals surface area contributed by atoms with Crippen molar-refractivity contribution in [2.75, 3.05) is 0 Å². The Labute approximate surface area is 61.3 Å². The SMILES string of the molecule is [2H]c1cccc2c1ccn2C. The quantitative estimate of drug-likeness (QED) is 0.517. The summed E-state index contributed by atoms with van der Waals surface area (Å²) in [5.74, 6) is 0. The number of nitrogens with zero attached hydrogens (tertiary/aromatic N) is 1. The number of hydrogen-bond acceptors (Lipinski definition) is 0. The number of para-hydroxylation sites is 1. The molecule has 1 aromatic heterocycles. The van der Waals surface area contributed by atoms with E-state index in [4.69, 9.17) is 1.37 Å². The van der Waals surface area contributed by atoms with E-state index < -0.39 is 0 Å². The molecule has 1 nitrogen and oxygen atoms in total. The monoisotopic (exact) mass is 132 g/mol. The average molecular weight is 132 g/mol. The zero-order chi connectivity index (χ0) is 7.84. The van der Waals surface area contributed by atoms with Crippen LogP contribution in [-0.2, 0) is 7.05 Å². The molecule has 0 atom stereocenters. The molecule has 0 N–H and O–H groups in total. The summed E-state index contributed by atoms with van der Waals surface area (Å²) in [6.45, 7) is 0. The third-order valence-electron chi connectivity index (χ3n) is 1.71. The molecule has 0 aliphatic carbocycles. The number of hydrogen-bond donors (Lipinski definition) is 0. The molecule has 1 heteroatoms. The molecule has 1 heterocycles. The fraction of sp³-hybridized carbons (Fsp3) is 0.111. The molecular formula is C9H9N. The Balaban J connectivity index is 2.94. The van der Waals surface area contributed by atoms with Crippen LogP contribution in [0.4, 0.5) is 0 Å². The standard InChI is InChI=1S/C9H9N/c1-10-7-6-8-4-2-3-5-9(8)10/h2-7H,1H3/i4D. The number of benzene rings is 1. The Kier molecular flexibility index (Phi) is 0.853. The highest BCUT2D eigenvalue weighted by molar-refractivity contribution is 5.79. The van der Waals surface area contributed by atoms with Crippen molar-refractivity contribution in [1.82, 2.24) is 4.57 Å². The molecule has 0 saturated heterocycles. The lowest BCUT2D eigenvalue weighted by atomic mass is 10.2. The van der Waals surface area contributed by atoms with Crippen LogP contribution in [0, 0.1) is 0 Å². The molecule has 0 amide bonds. The molecule has 10 heavy (non-hydrogen) atoms. The first kappa shape index (κ1) is 4.56. The van der Waals surface area contributed by atoms with Crippen molar-refractivity contribution in [3.63, 3.8) is 0 Å². The first-order valence-corrected chi connectivity index (χ1v) is 3.30. The van der Waals surface area contributed by atoms with Gasteiger partial charge < -0.3 is 4.57 Å². The van der Waals surface area contributed by atoms with E-state index in [9.17, 15) is 0 Å². The second kappa shape index (κ2) is 1.87. The molecule has 0 saturated carbocycles. The predicted molar refractivity (Wildman–Crippen MR) is 42.9 cm³/mol. The van der Waals surface area contributed by atoms with Crippen LogP contribution in [-0.4, -0.2) is 4.57 Å². The summed E-state index contributed by atoms with van der Waals surface area (Å²) in [7, 11) is 1.99. The van der Waals surface area contributed by atoms with Crippen LogP contribution in [0.2, 0.25) is 0 Å².